The number of amides is 1. The van der Waals surface area contributed by atoms with Crippen LogP contribution in [0.3, 0.4) is 0 Å². The van der Waals surface area contributed by atoms with Gasteiger partial charge in [0.1, 0.15) is 0 Å². The van der Waals surface area contributed by atoms with Crippen molar-refractivity contribution in [3.05, 3.63) is 22.2 Å². The molecule has 1 fully saturated rings. The topological polar surface area (TPSA) is 92.8 Å². The van der Waals surface area contributed by atoms with Crippen molar-refractivity contribution in [1.82, 2.24) is 4.31 Å². The van der Waals surface area contributed by atoms with Crippen LogP contribution in [0.25, 0.3) is 0 Å². The summed E-state index contributed by atoms with van der Waals surface area (Å²) in [5.74, 6) is -1.48. The number of nitrogens with zero attached hydrogens (tertiary/aromatic N) is 1. The summed E-state index contributed by atoms with van der Waals surface area (Å²) in [5, 5.41) is 2.43. The molecule has 2 heterocycles. The lowest BCUT2D eigenvalue weighted by molar-refractivity contribution is -0.112. The Bertz CT molecular complexity index is 793. The van der Waals surface area contributed by atoms with Crippen molar-refractivity contribution < 1.29 is 22.7 Å². The average molecular weight is 403 g/mol. The van der Waals surface area contributed by atoms with E-state index in [9.17, 15) is 18.0 Å². The molecule has 2 aliphatic rings. The van der Waals surface area contributed by atoms with Gasteiger partial charge in [-0.1, -0.05) is 0 Å². The number of benzene rings is 1. The van der Waals surface area contributed by atoms with Gasteiger partial charge in [-0.25, -0.2) is 8.42 Å². The van der Waals surface area contributed by atoms with Crippen LogP contribution in [0, 0.1) is 0 Å². The standard InChI is InChI=1S/C14H15BrN2O5S/c1-22-7-8-3-2-4-17(8)23(20,21)9-5-10-12(11(15)6-9)16-14(19)13(10)18/h5-6,8H,2-4,7H2,1H3,(H,16,18,19)/t8-/m0/s1. The molecule has 2 aliphatic heterocycles. The summed E-state index contributed by atoms with van der Waals surface area (Å²) in [6.45, 7) is 0.737. The number of Topliss-reactive ketones (excluding diaryl/α,β-unsaturated/α-hetero) is 1. The van der Waals surface area contributed by atoms with Crippen LogP contribution in [-0.4, -0.2) is 50.7 Å². The number of halogens is 1. The number of ketones is 1. The van der Waals surface area contributed by atoms with E-state index in [4.69, 9.17) is 4.74 Å². The van der Waals surface area contributed by atoms with Gasteiger partial charge in [-0.05, 0) is 40.9 Å². The molecule has 1 saturated heterocycles. The van der Waals surface area contributed by atoms with Crippen LogP contribution in [0.15, 0.2) is 21.5 Å². The number of ether oxygens (including phenoxy) is 1. The smallest absolute Gasteiger partial charge is 0.296 e. The molecule has 1 atom stereocenters. The zero-order chi connectivity index (χ0) is 16.8. The molecule has 1 N–H and O–H groups in total. The molecule has 9 heteroatoms. The maximum atomic E-state index is 12.9. The third-order valence-corrected chi connectivity index (χ3v) is 6.60. The van der Waals surface area contributed by atoms with E-state index in [1.807, 2.05) is 0 Å². The highest BCUT2D eigenvalue weighted by atomic mass is 79.9. The minimum atomic E-state index is -3.76. The molecule has 0 spiro atoms. The van der Waals surface area contributed by atoms with Crippen molar-refractivity contribution in [3.63, 3.8) is 0 Å². The Kier molecular flexibility index (Phi) is 4.30. The summed E-state index contributed by atoms with van der Waals surface area (Å²) >= 11 is 3.23. The molecule has 0 radical (unpaired) electrons. The van der Waals surface area contributed by atoms with Crippen LogP contribution in [0.1, 0.15) is 23.2 Å². The Morgan fingerprint density at radius 2 is 2.13 bits per heavy atom. The molecule has 1 aromatic carbocycles. The average Bonchev–Trinajstić information content (AvgIpc) is 3.07. The Morgan fingerprint density at radius 3 is 2.83 bits per heavy atom. The van der Waals surface area contributed by atoms with Crippen LogP contribution < -0.4 is 5.32 Å². The van der Waals surface area contributed by atoms with Crippen molar-refractivity contribution >= 4 is 43.3 Å². The van der Waals surface area contributed by atoms with Crippen LogP contribution in [0.4, 0.5) is 5.69 Å². The van der Waals surface area contributed by atoms with Gasteiger partial charge >= 0.3 is 0 Å². The van der Waals surface area contributed by atoms with Crippen molar-refractivity contribution in [2.45, 2.75) is 23.8 Å². The highest BCUT2D eigenvalue weighted by molar-refractivity contribution is 9.10. The summed E-state index contributed by atoms with van der Waals surface area (Å²) < 4.78 is 32.7. The van der Waals surface area contributed by atoms with Crippen LogP contribution >= 0.6 is 15.9 Å². The molecular formula is C14H15BrN2O5S. The number of fused-ring (bicyclic) bond motifs is 1. The lowest BCUT2D eigenvalue weighted by atomic mass is 10.1. The minimum absolute atomic E-state index is 0.00372. The van der Waals surface area contributed by atoms with Gasteiger partial charge < -0.3 is 10.1 Å². The fourth-order valence-electron chi connectivity index (χ4n) is 2.95. The Balaban J connectivity index is 2.03. The zero-order valence-electron chi connectivity index (χ0n) is 12.3. The monoisotopic (exact) mass is 402 g/mol. The first-order valence-corrected chi connectivity index (χ1v) is 9.29. The van der Waals surface area contributed by atoms with Crippen molar-refractivity contribution in [2.24, 2.45) is 0 Å². The highest BCUT2D eigenvalue weighted by Crippen LogP contribution is 2.36. The summed E-state index contributed by atoms with van der Waals surface area (Å²) in [5.41, 5.74) is 0.388. The molecule has 23 heavy (non-hydrogen) atoms. The summed E-state index contributed by atoms with van der Waals surface area (Å²) in [7, 11) is -2.23. The van der Waals surface area contributed by atoms with Gasteiger partial charge in [0.25, 0.3) is 11.7 Å². The van der Waals surface area contributed by atoms with E-state index in [2.05, 4.69) is 21.2 Å². The first-order chi connectivity index (χ1) is 10.9. The van der Waals surface area contributed by atoms with Gasteiger partial charge in [-0.15, -0.1) is 0 Å². The van der Waals surface area contributed by atoms with Gasteiger partial charge in [-0.3, -0.25) is 9.59 Å². The van der Waals surface area contributed by atoms with Crippen molar-refractivity contribution in [1.29, 1.82) is 0 Å². The molecule has 0 bridgehead atoms. The van der Waals surface area contributed by atoms with E-state index in [1.54, 1.807) is 0 Å². The Labute approximate surface area is 142 Å². The summed E-state index contributed by atoms with van der Waals surface area (Å²) in [6.07, 6.45) is 1.50. The molecule has 124 valence electrons. The molecule has 0 aromatic heterocycles. The molecule has 7 nitrogen and oxygen atoms in total. The predicted molar refractivity (Wildman–Crippen MR) is 85.9 cm³/mol. The molecule has 1 amide bonds. The lowest BCUT2D eigenvalue weighted by Crippen LogP contribution is -2.38. The second-order valence-electron chi connectivity index (χ2n) is 5.48. The first kappa shape index (κ1) is 16.6. The van der Waals surface area contributed by atoms with Gasteiger partial charge in [0.15, 0.2) is 0 Å². The number of hydrogen-bond acceptors (Lipinski definition) is 5. The zero-order valence-corrected chi connectivity index (χ0v) is 14.7. The largest absolute Gasteiger partial charge is 0.383 e. The first-order valence-electron chi connectivity index (χ1n) is 7.06. The molecular weight excluding hydrogens is 388 g/mol. The van der Waals surface area contributed by atoms with Gasteiger partial charge in [0, 0.05) is 24.2 Å². The third-order valence-electron chi connectivity index (χ3n) is 4.04. The van der Waals surface area contributed by atoms with Gasteiger partial charge in [-0.2, -0.15) is 4.31 Å². The summed E-state index contributed by atoms with van der Waals surface area (Å²) in [4.78, 5) is 23.3. The van der Waals surface area contributed by atoms with E-state index in [-0.39, 0.29) is 16.5 Å². The summed E-state index contributed by atoms with van der Waals surface area (Å²) in [6, 6.07) is 2.46. The van der Waals surface area contributed by atoms with E-state index in [0.717, 1.165) is 12.8 Å². The van der Waals surface area contributed by atoms with Crippen LogP contribution in [-0.2, 0) is 19.6 Å². The quantitative estimate of drug-likeness (QED) is 0.767. The van der Waals surface area contributed by atoms with Crippen molar-refractivity contribution in [2.75, 3.05) is 25.6 Å². The number of carbonyl (C=O) groups excluding carboxylic acids is 2. The number of carbonyl (C=O) groups is 2. The minimum Gasteiger partial charge on any atom is -0.383 e. The van der Waals surface area contributed by atoms with Gasteiger partial charge in [0.2, 0.25) is 10.0 Å². The number of rotatable bonds is 4. The molecule has 0 unspecified atom stereocenters. The lowest BCUT2D eigenvalue weighted by Gasteiger charge is -2.23. The second kappa shape index (κ2) is 5.97. The normalized spacial score (nSPS) is 21.6. The number of nitrogens with one attached hydrogen (secondary N) is 1. The Hall–Kier alpha value is -1.29. The van der Waals surface area contributed by atoms with Crippen LogP contribution in [0.5, 0.6) is 0 Å². The van der Waals surface area contributed by atoms with E-state index < -0.39 is 21.7 Å². The second-order valence-corrected chi connectivity index (χ2v) is 8.22. The molecule has 0 saturated carbocycles. The van der Waals surface area contributed by atoms with E-state index >= 15 is 0 Å². The van der Waals surface area contributed by atoms with E-state index in [0.29, 0.717) is 23.3 Å². The maximum absolute atomic E-state index is 12.9. The molecule has 0 aliphatic carbocycles. The molecule has 1 aromatic rings. The maximum Gasteiger partial charge on any atom is 0.296 e. The Morgan fingerprint density at radius 1 is 1.39 bits per heavy atom. The highest BCUT2D eigenvalue weighted by Gasteiger charge is 2.38. The fraction of sp³-hybridized carbons (Fsp3) is 0.429. The van der Waals surface area contributed by atoms with Crippen LogP contribution in [0.2, 0.25) is 0 Å². The van der Waals surface area contributed by atoms with E-state index in [1.165, 1.54) is 23.5 Å². The number of sulfonamides is 1. The molecule has 3 rings (SSSR count). The number of methoxy groups -OCH3 is 1. The predicted octanol–water partition coefficient (Wildman–Crippen LogP) is 1.38. The fourth-order valence-corrected chi connectivity index (χ4v) is 5.39. The van der Waals surface area contributed by atoms with Gasteiger partial charge in [0.05, 0.1) is 22.8 Å². The SMILES string of the molecule is COC[C@@H]1CCCN1S(=O)(=O)c1cc(Br)c2c(c1)C(=O)C(=O)N2. The third kappa shape index (κ3) is 2.71. The number of anilines is 1. The van der Waals surface area contributed by atoms with Crippen molar-refractivity contribution in [3.8, 4) is 0 Å². The number of hydrogen-bond donors (Lipinski definition) is 1.